The predicted molar refractivity (Wildman–Crippen MR) is 65.8 cm³/mol. The molecule has 3 N–H and O–H groups in total. The van der Waals surface area contributed by atoms with Crippen molar-refractivity contribution in [1.29, 1.82) is 0 Å². The molecule has 0 aliphatic carbocycles. The molecule has 0 saturated heterocycles. The van der Waals surface area contributed by atoms with Crippen LogP contribution < -0.4 is 11.1 Å². The maximum absolute atomic E-state index is 11.7. The molecule has 0 radical (unpaired) electrons. The zero-order valence-electron chi connectivity index (χ0n) is 10.3. The first-order chi connectivity index (χ1) is 7.85. The van der Waals surface area contributed by atoms with E-state index in [1.807, 2.05) is 13.8 Å². The molecule has 6 heteroatoms. The summed E-state index contributed by atoms with van der Waals surface area (Å²) in [6, 6.07) is 0. The molecule has 0 unspecified atom stereocenters. The van der Waals surface area contributed by atoms with Gasteiger partial charge in [0.25, 0.3) is 0 Å². The van der Waals surface area contributed by atoms with Crippen molar-refractivity contribution in [3.05, 3.63) is 16.5 Å². The molecule has 0 fully saturated rings. The van der Waals surface area contributed by atoms with Crippen molar-refractivity contribution < 1.29 is 9.32 Å². The van der Waals surface area contributed by atoms with Gasteiger partial charge in [-0.2, -0.15) is 0 Å². The van der Waals surface area contributed by atoms with E-state index in [0.29, 0.717) is 19.4 Å². The first-order valence-corrected chi connectivity index (χ1v) is 5.85. The van der Waals surface area contributed by atoms with Gasteiger partial charge in [-0.25, -0.2) is 0 Å². The van der Waals surface area contributed by atoms with Crippen LogP contribution in [0.25, 0.3) is 0 Å². The maximum atomic E-state index is 11.7. The summed E-state index contributed by atoms with van der Waals surface area (Å²) in [6.45, 7) is 5.95. The molecule has 1 heterocycles. The molecule has 17 heavy (non-hydrogen) atoms. The van der Waals surface area contributed by atoms with Crippen molar-refractivity contribution in [2.75, 3.05) is 6.54 Å². The Bertz CT molecular complexity index is 382. The summed E-state index contributed by atoms with van der Waals surface area (Å²) in [7, 11) is 0. The lowest BCUT2D eigenvalue weighted by atomic mass is 10.1. The van der Waals surface area contributed by atoms with Crippen LogP contribution in [-0.4, -0.2) is 23.1 Å². The highest BCUT2D eigenvalue weighted by Gasteiger charge is 2.19. The fraction of sp³-hybridized carbons (Fsp3) is 0.636. The minimum atomic E-state index is -0.384. The molecule has 1 amide bonds. The lowest BCUT2D eigenvalue weighted by Gasteiger charge is -2.24. The third-order valence-electron chi connectivity index (χ3n) is 2.53. The second-order valence-corrected chi connectivity index (χ2v) is 5.00. The second kappa shape index (κ2) is 5.51. The molecule has 96 valence electrons. The standard InChI is InChI=1S/C11H18ClN3O2/c1-7-8(10(12)17-15-7)4-5-9(16)14-11(2,3)6-13/h4-6,13H2,1-3H3,(H,14,16). The van der Waals surface area contributed by atoms with E-state index in [4.69, 9.17) is 21.9 Å². The highest BCUT2D eigenvalue weighted by atomic mass is 35.5. The Morgan fingerprint density at radius 3 is 2.71 bits per heavy atom. The van der Waals surface area contributed by atoms with Gasteiger partial charge >= 0.3 is 0 Å². The van der Waals surface area contributed by atoms with E-state index in [1.165, 1.54) is 0 Å². The first-order valence-electron chi connectivity index (χ1n) is 5.47. The van der Waals surface area contributed by atoms with Crippen LogP contribution in [0.2, 0.25) is 5.22 Å². The van der Waals surface area contributed by atoms with Crippen LogP contribution in [0.15, 0.2) is 4.52 Å². The number of hydrogen-bond acceptors (Lipinski definition) is 4. The van der Waals surface area contributed by atoms with Gasteiger partial charge in [-0.3, -0.25) is 4.79 Å². The van der Waals surface area contributed by atoms with E-state index in [9.17, 15) is 4.79 Å². The van der Waals surface area contributed by atoms with Gasteiger partial charge in [0, 0.05) is 24.1 Å². The molecule has 1 aromatic heterocycles. The highest BCUT2D eigenvalue weighted by Crippen LogP contribution is 2.20. The smallest absolute Gasteiger partial charge is 0.229 e. The Labute approximate surface area is 106 Å². The third-order valence-corrected chi connectivity index (χ3v) is 2.82. The van der Waals surface area contributed by atoms with Gasteiger partial charge in [-0.05, 0) is 38.8 Å². The molecule has 0 bridgehead atoms. The molecule has 0 spiro atoms. The van der Waals surface area contributed by atoms with E-state index in [0.717, 1.165) is 11.3 Å². The summed E-state index contributed by atoms with van der Waals surface area (Å²) < 4.78 is 4.81. The number of hydrogen-bond donors (Lipinski definition) is 2. The van der Waals surface area contributed by atoms with E-state index in [-0.39, 0.29) is 16.7 Å². The van der Waals surface area contributed by atoms with E-state index < -0.39 is 0 Å². The summed E-state index contributed by atoms with van der Waals surface area (Å²) >= 11 is 5.81. The van der Waals surface area contributed by atoms with Crippen molar-refractivity contribution in [3.63, 3.8) is 0 Å². The molecule has 0 saturated carbocycles. The monoisotopic (exact) mass is 259 g/mol. The fourth-order valence-electron chi connectivity index (χ4n) is 1.37. The Morgan fingerprint density at radius 2 is 2.24 bits per heavy atom. The minimum absolute atomic E-state index is 0.0582. The van der Waals surface area contributed by atoms with Crippen molar-refractivity contribution in [2.24, 2.45) is 5.73 Å². The van der Waals surface area contributed by atoms with Gasteiger partial charge in [0.05, 0.1) is 5.69 Å². The first kappa shape index (κ1) is 14.0. The lowest BCUT2D eigenvalue weighted by Crippen LogP contribution is -2.48. The van der Waals surface area contributed by atoms with Crippen molar-refractivity contribution in [2.45, 2.75) is 39.2 Å². The topological polar surface area (TPSA) is 81.2 Å². The van der Waals surface area contributed by atoms with E-state index >= 15 is 0 Å². The van der Waals surface area contributed by atoms with Crippen molar-refractivity contribution >= 4 is 17.5 Å². The van der Waals surface area contributed by atoms with Gasteiger partial charge in [0.2, 0.25) is 11.1 Å². The van der Waals surface area contributed by atoms with Crippen molar-refractivity contribution in [3.8, 4) is 0 Å². The zero-order valence-corrected chi connectivity index (χ0v) is 11.1. The van der Waals surface area contributed by atoms with Crippen LogP contribution in [0.4, 0.5) is 0 Å². The number of halogens is 1. The van der Waals surface area contributed by atoms with Gasteiger partial charge in [-0.1, -0.05) is 5.16 Å². The Morgan fingerprint density at radius 1 is 1.59 bits per heavy atom. The molecule has 1 aromatic rings. The normalized spacial score (nSPS) is 11.6. The minimum Gasteiger partial charge on any atom is -0.350 e. The van der Waals surface area contributed by atoms with Gasteiger partial charge in [-0.15, -0.1) is 0 Å². The number of aromatic nitrogens is 1. The number of amides is 1. The van der Waals surface area contributed by atoms with Gasteiger partial charge in [0.15, 0.2) is 0 Å². The van der Waals surface area contributed by atoms with Crippen LogP contribution >= 0.6 is 11.6 Å². The maximum Gasteiger partial charge on any atom is 0.229 e. The quantitative estimate of drug-likeness (QED) is 0.838. The summed E-state index contributed by atoms with van der Waals surface area (Å²) in [5.74, 6) is -0.0582. The average molecular weight is 260 g/mol. The predicted octanol–water partition coefficient (Wildman–Crippen LogP) is 1.42. The largest absolute Gasteiger partial charge is 0.350 e. The zero-order chi connectivity index (χ0) is 13.1. The number of rotatable bonds is 5. The third kappa shape index (κ3) is 4.02. The summed E-state index contributed by atoms with van der Waals surface area (Å²) in [5, 5.41) is 6.83. The molecular weight excluding hydrogens is 242 g/mol. The number of aryl methyl sites for hydroxylation is 1. The number of carbonyl (C=O) groups is 1. The van der Waals surface area contributed by atoms with Crippen molar-refractivity contribution in [1.82, 2.24) is 10.5 Å². The lowest BCUT2D eigenvalue weighted by molar-refractivity contribution is -0.122. The van der Waals surface area contributed by atoms with Gasteiger partial charge < -0.3 is 15.6 Å². The Kier molecular flexibility index (Phi) is 4.54. The Balaban J connectivity index is 2.49. The molecule has 0 aromatic carbocycles. The van der Waals surface area contributed by atoms with Crippen LogP contribution in [0.3, 0.4) is 0 Å². The number of nitrogens with zero attached hydrogens (tertiary/aromatic N) is 1. The van der Waals surface area contributed by atoms with E-state index in [2.05, 4.69) is 10.5 Å². The number of carbonyl (C=O) groups excluding carboxylic acids is 1. The molecule has 1 rings (SSSR count). The molecule has 5 nitrogen and oxygen atoms in total. The van der Waals surface area contributed by atoms with Crippen LogP contribution in [0.5, 0.6) is 0 Å². The fourth-order valence-corrected chi connectivity index (χ4v) is 1.64. The summed E-state index contributed by atoms with van der Waals surface area (Å²) in [6.07, 6.45) is 0.853. The molecule has 0 atom stereocenters. The summed E-state index contributed by atoms with van der Waals surface area (Å²) in [5.41, 5.74) is 6.66. The molecule has 0 aliphatic heterocycles. The average Bonchev–Trinajstić information content (AvgIpc) is 2.55. The van der Waals surface area contributed by atoms with Gasteiger partial charge in [0.1, 0.15) is 0 Å². The molecule has 0 aliphatic rings. The van der Waals surface area contributed by atoms with E-state index in [1.54, 1.807) is 6.92 Å². The van der Waals surface area contributed by atoms with Crippen LogP contribution in [-0.2, 0) is 11.2 Å². The number of nitrogens with one attached hydrogen (secondary N) is 1. The molecular formula is C11H18ClN3O2. The summed E-state index contributed by atoms with van der Waals surface area (Å²) in [4.78, 5) is 11.7. The second-order valence-electron chi connectivity index (χ2n) is 4.66. The SMILES string of the molecule is Cc1noc(Cl)c1CCC(=O)NC(C)(C)CN. The van der Waals surface area contributed by atoms with Crippen LogP contribution in [0.1, 0.15) is 31.5 Å². The highest BCUT2D eigenvalue weighted by molar-refractivity contribution is 6.29. The Hall–Kier alpha value is -1.07. The van der Waals surface area contributed by atoms with Crippen LogP contribution in [0, 0.1) is 6.92 Å². The number of nitrogens with two attached hydrogens (primary N) is 1.